The summed E-state index contributed by atoms with van der Waals surface area (Å²) in [6.45, 7) is 2.90. The van der Waals surface area contributed by atoms with Crippen LogP contribution in [0.1, 0.15) is 26.7 Å². The van der Waals surface area contributed by atoms with Crippen LogP contribution < -0.4 is 16.4 Å². The number of aliphatic hydroxyl groups is 1. The minimum atomic E-state index is -1.32. The third kappa shape index (κ3) is 6.08. The zero-order valence-electron chi connectivity index (χ0n) is 15.4. The summed E-state index contributed by atoms with van der Waals surface area (Å²) >= 11 is 3.98. The van der Waals surface area contributed by atoms with Crippen LogP contribution in [0.25, 0.3) is 0 Å². The van der Waals surface area contributed by atoms with Crippen LogP contribution in [-0.2, 0) is 19.2 Å². The van der Waals surface area contributed by atoms with E-state index >= 15 is 0 Å². The summed E-state index contributed by atoms with van der Waals surface area (Å²) < 4.78 is 0. The van der Waals surface area contributed by atoms with E-state index in [-0.39, 0.29) is 11.7 Å². The van der Waals surface area contributed by atoms with E-state index in [9.17, 15) is 24.3 Å². The van der Waals surface area contributed by atoms with E-state index in [1.807, 2.05) is 0 Å². The van der Waals surface area contributed by atoms with Crippen LogP contribution in [0.4, 0.5) is 0 Å². The molecule has 0 radical (unpaired) electrons. The number of thiol groups is 1. The van der Waals surface area contributed by atoms with Crippen molar-refractivity contribution in [3.05, 3.63) is 0 Å². The molecule has 1 heterocycles. The van der Waals surface area contributed by atoms with Crippen LogP contribution in [0, 0.1) is 5.92 Å². The molecule has 6 N–H and O–H groups in total. The van der Waals surface area contributed by atoms with Gasteiger partial charge in [-0.05, 0) is 18.8 Å². The lowest BCUT2D eigenvalue weighted by molar-refractivity contribution is -0.144. The van der Waals surface area contributed by atoms with Gasteiger partial charge in [0.05, 0.1) is 12.6 Å². The van der Waals surface area contributed by atoms with Crippen molar-refractivity contribution in [1.82, 2.24) is 15.5 Å². The van der Waals surface area contributed by atoms with E-state index in [4.69, 9.17) is 10.8 Å². The van der Waals surface area contributed by atoms with Crippen LogP contribution in [-0.4, -0.2) is 81.9 Å². The Balaban J connectivity index is 2.78. The summed E-state index contributed by atoms with van der Waals surface area (Å²) in [5, 5.41) is 23.3. The van der Waals surface area contributed by atoms with Gasteiger partial charge in [-0.2, -0.15) is 12.6 Å². The Kier molecular flexibility index (Phi) is 9.00. The van der Waals surface area contributed by atoms with Gasteiger partial charge in [-0.1, -0.05) is 13.8 Å². The Morgan fingerprint density at radius 1 is 1.26 bits per heavy atom. The maximum atomic E-state index is 12.5. The zero-order chi connectivity index (χ0) is 20.7. The maximum absolute atomic E-state index is 12.5. The Morgan fingerprint density at radius 3 is 2.37 bits per heavy atom. The van der Waals surface area contributed by atoms with Crippen LogP contribution >= 0.6 is 12.6 Å². The minimum Gasteiger partial charge on any atom is -0.480 e. The molecule has 0 spiro atoms. The Hall–Kier alpha value is -1.85. The van der Waals surface area contributed by atoms with Crippen molar-refractivity contribution in [3.8, 4) is 0 Å². The fourth-order valence-corrected chi connectivity index (χ4v) is 2.98. The third-order valence-corrected chi connectivity index (χ3v) is 4.79. The second kappa shape index (κ2) is 10.5. The first-order valence-electron chi connectivity index (χ1n) is 8.75. The number of carboxylic acid groups (broad SMARTS) is 1. The number of hydrogen-bond donors (Lipinski definition) is 6. The van der Waals surface area contributed by atoms with Crippen molar-refractivity contribution < 1.29 is 29.4 Å². The average molecular weight is 404 g/mol. The highest BCUT2D eigenvalue weighted by Crippen LogP contribution is 2.18. The van der Waals surface area contributed by atoms with E-state index in [0.29, 0.717) is 19.4 Å². The summed E-state index contributed by atoms with van der Waals surface area (Å²) in [7, 11) is 0. The Labute approximate surface area is 163 Å². The molecule has 0 aromatic carbocycles. The van der Waals surface area contributed by atoms with Gasteiger partial charge in [-0.15, -0.1) is 0 Å². The summed E-state index contributed by atoms with van der Waals surface area (Å²) in [6, 6.07) is -4.11. The maximum Gasteiger partial charge on any atom is 0.326 e. The molecule has 0 aliphatic carbocycles. The molecule has 3 amide bonds. The molecule has 27 heavy (non-hydrogen) atoms. The predicted octanol–water partition coefficient (Wildman–Crippen LogP) is -2.06. The Morgan fingerprint density at radius 2 is 1.89 bits per heavy atom. The van der Waals surface area contributed by atoms with Gasteiger partial charge in [-0.3, -0.25) is 14.4 Å². The number of nitrogens with one attached hydrogen (secondary N) is 2. The molecule has 4 atom stereocenters. The molecule has 0 aromatic heterocycles. The van der Waals surface area contributed by atoms with Gasteiger partial charge in [0.1, 0.15) is 18.1 Å². The monoisotopic (exact) mass is 404 g/mol. The highest BCUT2D eigenvalue weighted by atomic mass is 32.1. The lowest BCUT2D eigenvalue weighted by Gasteiger charge is -2.28. The quantitative estimate of drug-likeness (QED) is 0.241. The van der Waals surface area contributed by atoms with Crippen LogP contribution in [0.2, 0.25) is 0 Å². The lowest BCUT2D eigenvalue weighted by atomic mass is 10.0. The second-order valence-corrected chi connectivity index (χ2v) is 7.16. The molecule has 0 saturated carbocycles. The van der Waals surface area contributed by atoms with Crippen LogP contribution in [0.3, 0.4) is 0 Å². The number of hydrogen-bond acceptors (Lipinski definition) is 7. The summed E-state index contributed by atoms with van der Waals surface area (Å²) in [6.07, 6.45) is 1.01. The molecular weight excluding hydrogens is 376 g/mol. The molecular formula is C16H28N4O6S. The first-order valence-corrected chi connectivity index (χ1v) is 9.38. The molecule has 0 bridgehead atoms. The molecule has 1 rings (SSSR count). The van der Waals surface area contributed by atoms with E-state index < -0.39 is 54.5 Å². The summed E-state index contributed by atoms with van der Waals surface area (Å²) in [5.74, 6) is -3.27. The first-order chi connectivity index (χ1) is 12.6. The second-order valence-electron chi connectivity index (χ2n) is 6.79. The fourth-order valence-electron chi connectivity index (χ4n) is 2.82. The van der Waals surface area contributed by atoms with Gasteiger partial charge < -0.3 is 31.5 Å². The van der Waals surface area contributed by atoms with Crippen molar-refractivity contribution in [2.75, 3.05) is 18.9 Å². The average Bonchev–Trinajstić information content (AvgIpc) is 3.11. The normalized spacial score (nSPS) is 20.1. The van der Waals surface area contributed by atoms with Crippen molar-refractivity contribution in [3.63, 3.8) is 0 Å². The smallest absolute Gasteiger partial charge is 0.326 e. The zero-order valence-corrected chi connectivity index (χ0v) is 16.3. The van der Waals surface area contributed by atoms with Crippen LogP contribution in [0.15, 0.2) is 0 Å². The number of likely N-dealkylation sites (tertiary alicyclic amines) is 1. The van der Waals surface area contributed by atoms with Crippen LogP contribution in [0.5, 0.6) is 0 Å². The van der Waals surface area contributed by atoms with E-state index in [1.54, 1.807) is 13.8 Å². The topological polar surface area (TPSA) is 162 Å². The Bertz CT molecular complexity index is 573. The highest BCUT2D eigenvalue weighted by molar-refractivity contribution is 7.80. The van der Waals surface area contributed by atoms with Crippen molar-refractivity contribution >= 4 is 36.3 Å². The number of carboxylic acids is 1. The number of amides is 3. The summed E-state index contributed by atoms with van der Waals surface area (Å²) in [4.78, 5) is 49.6. The third-order valence-electron chi connectivity index (χ3n) is 4.40. The number of nitrogens with zero attached hydrogens (tertiary/aromatic N) is 1. The molecule has 154 valence electrons. The summed E-state index contributed by atoms with van der Waals surface area (Å²) in [5.41, 5.74) is 5.69. The number of rotatable bonds is 9. The fraction of sp³-hybridized carbons (Fsp3) is 0.750. The number of carbonyl (C=O) groups excluding carboxylic acids is 3. The number of aliphatic hydroxyl groups excluding tert-OH is 1. The number of carbonyl (C=O) groups is 4. The molecule has 1 saturated heterocycles. The number of aliphatic carboxylic acids is 1. The van der Waals surface area contributed by atoms with Gasteiger partial charge in [-0.25, -0.2) is 4.79 Å². The predicted molar refractivity (Wildman–Crippen MR) is 100.0 cm³/mol. The molecule has 4 unspecified atom stereocenters. The minimum absolute atomic E-state index is 0.136. The standard InChI is InChI=1S/C16H28N4O6S/c1-8(2)12(16(25)26)19-13(22)10(6-21)18-14(23)11-4-3-5-20(11)15(24)9(17)7-27/h8-12,21,27H,3-7,17H2,1-2H3,(H,18,23)(H,19,22)(H,25,26). The van der Waals surface area contributed by atoms with Gasteiger partial charge in [0.25, 0.3) is 0 Å². The van der Waals surface area contributed by atoms with Crippen molar-refractivity contribution in [2.45, 2.75) is 50.9 Å². The van der Waals surface area contributed by atoms with Crippen molar-refractivity contribution in [1.29, 1.82) is 0 Å². The first kappa shape index (κ1) is 23.2. The van der Waals surface area contributed by atoms with Crippen molar-refractivity contribution in [2.24, 2.45) is 11.7 Å². The molecule has 1 aliphatic heterocycles. The van der Waals surface area contributed by atoms with Gasteiger partial charge in [0, 0.05) is 12.3 Å². The van der Waals surface area contributed by atoms with E-state index in [0.717, 1.165) is 0 Å². The molecule has 1 aliphatic rings. The largest absolute Gasteiger partial charge is 0.480 e. The molecule has 10 nitrogen and oxygen atoms in total. The van der Waals surface area contributed by atoms with Gasteiger partial charge in [0.2, 0.25) is 17.7 Å². The highest BCUT2D eigenvalue weighted by Gasteiger charge is 2.37. The number of nitrogens with two attached hydrogens (primary N) is 1. The van der Waals surface area contributed by atoms with Gasteiger partial charge in [0.15, 0.2) is 0 Å². The SMILES string of the molecule is CC(C)C(NC(=O)C(CO)NC(=O)C1CCCN1C(=O)C(N)CS)C(=O)O. The lowest BCUT2D eigenvalue weighted by Crippen LogP contribution is -2.58. The molecule has 0 aromatic rings. The van der Waals surface area contributed by atoms with E-state index in [2.05, 4.69) is 23.3 Å². The molecule has 1 fully saturated rings. The van der Waals surface area contributed by atoms with Gasteiger partial charge >= 0.3 is 5.97 Å². The molecule has 11 heteroatoms. The van der Waals surface area contributed by atoms with E-state index in [1.165, 1.54) is 4.90 Å².